The molecule has 2 atom stereocenters. The zero-order valence-electron chi connectivity index (χ0n) is 10.0. The number of rotatable bonds is 6. The highest BCUT2D eigenvalue weighted by Crippen LogP contribution is 2.22. The summed E-state index contributed by atoms with van der Waals surface area (Å²) in [7, 11) is 0. The van der Waals surface area contributed by atoms with Crippen LogP contribution in [-0.2, 0) is 4.74 Å². The minimum Gasteiger partial charge on any atom is -0.377 e. The molecule has 88 valence electrons. The van der Waals surface area contributed by atoms with Gasteiger partial charge in [-0.1, -0.05) is 0 Å². The van der Waals surface area contributed by atoms with Gasteiger partial charge in [0.05, 0.1) is 6.10 Å². The van der Waals surface area contributed by atoms with Crippen LogP contribution < -0.4 is 5.32 Å². The van der Waals surface area contributed by atoms with Crippen LogP contribution >= 0.6 is 0 Å². The van der Waals surface area contributed by atoms with E-state index in [1.54, 1.807) is 0 Å². The summed E-state index contributed by atoms with van der Waals surface area (Å²) < 4.78 is 5.57. The predicted molar refractivity (Wildman–Crippen MR) is 62.1 cm³/mol. The van der Waals surface area contributed by atoms with Crippen LogP contribution in [0.3, 0.4) is 0 Å². The van der Waals surface area contributed by atoms with Crippen LogP contribution in [0, 0.1) is 0 Å². The summed E-state index contributed by atoms with van der Waals surface area (Å²) in [5, 5.41) is 3.71. The van der Waals surface area contributed by atoms with Crippen molar-refractivity contribution in [3.05, 3.63) is 0 Å². The second-order valence-electron chi connectivity index (χ2n) is 4.95. The van der Waals surface area contributed by atoms with Crippen molar-refractivity contribution in [2.45, 2.75) is 51.3 Å². The van der Waals surface area contributed by atoms with Gasteiger partial charge in [-0.2, -0.15) is 0 Å². The zero-order chi connectivity index (χ0) is 10.7. The quantitative estimate of drug-likeness (QED) is 0.717. The van der Waals surface area contributed by atoms with Crippen LogP contribution in [0.5, 0.6) is 0 Å². The Hall–Kier alpha value is -0.120. The van der Waals surface area contributed by atoms with Gasteiger partial charge in [0.2, 0.25) is 0 Å². The molecule has 0 aromatic rings. The molecule has 1 aliphatic heterocycles. The Bertz CT molecular complexity index is 194. The molecule has 2 rings (SSSR count). The van der Waals surface area contributed by atoms with E-state index in [-0.39, 0.29) is 0 Å². The molecule has 0 spiro atoms. The van der Waals surface area contributed by atoms with E-state index in [2.05, 4.69) is 24.1 Å². The Morgan fingerprint density at radius 2 is 2.13 bits per heavy atom. The van der Waals surface area contributed by atoms with Crippen molar-refractivity contribution in [3.63, 3.8) is 0 Å². The van der Waals surface area contributed by atoms with Crippen molar-refractivity contribution in [3.8, 4) is 0 Å². The molecule has 1 N–H and O–H groups in total. The third-order valence-electron chi connectivity index (χ3n) is 3.29. The molecular weight excluding hydrogens is 188 g/mol. The molecule has 1 saturated carbocycles. The molecule has 2 fully saturated rings. The Labute approximate surface area is 93.2 Å². The highest BCUT2D eigenvalue weighted by Gasteiger charge is 2.29. The van der Waals surface area contributed by atoms with Crippen molar-refractivity contribution in [2.24, 2.45) is 0 Å². The zero-order valence-corrected chi connectivity index (χ0v) is 10.0. The summed E-state index contributed by atoms with van der Waals surface area (Å²) in [5.74, 6) is 0. The lowest BCUT2D eigenvalue weighted by atomic mass is 10.2. The molecule has 1 saturated heterocycles. The van der Waals surface area contributed by atoms with Crippen molar-refractivity contribution in [1.82, 2.24) is 10.2 Å². The maximum Gasteiger partial charge on any atom is 0.0673 e. The Balaban J connectivity index is 1.62. The molecule has 2 aliphatic rings. The highest BCUT2D eigenvalue weighted by molar-refractivity contribution is 4.89. The number of hydrogen-bond donors (Lipinski definition) is 1. The van der Waals surface area contributed by atoms with Gasteiger partial charge in [0.15, 0.2) is 0 Å². The number of nitrogens with zero attached hydrogens (tertiary/aromatic N) is 1. The van der Waals surface area contributed by atoms with Crippen LogP contribution in [0.25, 0.3) is 0 Å². The summed E-state index contributed by atoms with van der Waals surface area (Å²) in [4.78, 5) is 2.53. The monoisotopic (exact) mass is 212 g/mol. The number of hydrogen-bond acceptors (Lipinski definition) is 3. The topological polar surface area (TPSA) is 24.5 Å². The maximum absolute atomic E-state index is 5.57. The second kappa shape index (κ2) is 5.28. The van der Waals surface area contributed by atoms with E-state index in [4.69, 9.17) is 4.74 Å². The van der Waals surface area contributed by atoms with Gasteiger partial charge in [0.25, 0.3) is 0 Å². The average molecular weight is 212 g/mol. The summed E-state index contributed by atoms with van der Waals surface area (Å²) >= 11 is 0. The van der Waals surface area contributed by atoms with Crippen molar-refractivity contribution < 1.29 is 4.74 Å². The van der Waals surface area contributed by atoms with Gasteiger partial charge >= 0.3 is 0 Å². The standard InChI is InChI=1S/C12H24N2O/c1-3-15-10(2)8-14-7-6-12(9-14)13-11-4-5-11/h10-13H,3-9H2,1-2H3. The summed E-state index contributed by atoms with van der Waals surface area (Å²) in [6.07, 6.45) is 4.49. The number of ether oxygens (including phenoxy) is 1. The van der Waals surface area contributed by atoms with Gasteiger partial charge in [-0.05, 0) is 39.7 Å². The average Bonchev–Trinajstić information content (AvgIpc) is 2.88. The molecule has 0 aromatic carbocycles. The maximum atomic E-state index is 5.57. The van der Waals surface area contributed by atoms with Crippen LogP contribution in [0.1, 0.15) is 33.1 Å². The molecule has 3 nitrogen and oxygen atoms in total. The molecule has 2 unspecified atom stereocenters. The number of likely N-dealkylation sites (tertiary alicyclic amines) is 1. The van der Waals surface area contributed by atoms with Gasteiger partial charge in [-0.15, -0.1) is 0 Å². The first-order valence-corrected chi connectivity index (χ1v) is 6.38. The van der Waals surface area contributed by atoms with E-state index < -0.39 is 0 Å². The first kappa shape index (κ1) is 11.4. The summed E-state index contributed by atoms with van der Waals surface area (Å²) in [6.45, 7) is 8.62. The van der Waals surface area contributed by atoms with E-state index in [1.165, 1.54) is 32.4 Å². The minimum atomic E-state index is 0.384. The SMILES string of the molecule is CCOC(C)CN1CCC(NC2CC2)C1. The lowest BCUT2D eigenvalue weighted by Gasteiger charge is -2.20. The van der Waals surface area contributed by atoms with E-state index >= 15 is 0 Å². The first-order chi connectivity index (χ1) is 7.28. The predicted octanol–water partition coefficient (Wildman–Crippen LogP) is 1.24. The van der Waals surface area contributed by atoms with Gasteiger partial charge in [0, 0.05) is 31.8 Å². The fraction of sp³-hybridized carbons (Fsp3) is 1.00. The lowest BCUT2D eigenvalue weighted by molar-refractivity contribution is 0.0510. The largest absolute Gasteiger partial charge is 0.377 e. The lowest BCUT2D eigenvalue weighted by Crippen LogP contribution is -2.36. The van der Waals surface area contributed by atoms with Gasteiger partial charge in [0.1, 0.15) is 0 Å². The molecule has 0 aromatic heterocycles. The fourth-order valence-corrected chi connectivity index (χ4v) is 2.42. The van der Waals surface area contributed by atoms with Crippen molar-refractivity contribution in [1.29, 1.82) is 0 Å². The van der Waals surface area contributed by atoms with Crippen molar-refractivity contribution in [2.75, 3.05) is 26.2 Å². The molecule has 0 amide bonds. The first-order valence-electron chi connectivity index (χ1n) is 6.38. The van der Waals surface area contributed by atoms with E-state index in [0.717, 1.165) is 25.2 Å². The Kier molecular flexibility index (Phi) is 4.00. The fourth-order valence-electron chi connectivity index (χ4n) is 2.42. The third-order valence-corrected chi connectivity index (χ3v) is 3.29. The smallest absolute Gasteiger partial charge is 0.0673 e. The van der Waals surface area contributed by atoms with E-state index in [1.807, 2.05) is 0 Å². The van der Waals surface area contributed by atoms with Gasteiger partial charge < -0.3 is 10.1 Å². The molecule has 1 aliphatic carbocycles. The summed E-state index contributed by atoms with van der Waals surface area (Å²) in [5.41, 5.74) is 0. The molecule has 1 heterocycles. The Morgan fingerprint density at radius 3 is 2.80 bits per heavy atom. The summed E-state index contributed by atoms with van der Waals surface area (Å²) in [6, 6.07) is 1.59. The normalized spacial score (nSPS) is 29.6. The third kappa shape index (κ3) is 3.74. The molecular formula is C12H24N2O. The van der Waals surface area contributed by atoms with Crippen molar-refractivity contribution >= 4 is 0 Å². The molecule has 0 radical (unpaired) electrons. The number of nitrogens with one attached hydrogen (secondary N) is 1. The van der Waals surface area contributed by atoms with Crippen LogP contribution in [0.15, 0.2) is 0 Å². The van der Waals surface area contributed by atoms with Gasteiger partial charge in [-0.25, -0.2) is 0 Å². The highest BCUT2D eigenvalue weighted by atomic mass is 16.5. The molecule has 3 heteroatoms. The van der Waals surface area contributed by atoms with E-state index in [9.17, 15) is 0 Å². The van der Waals surface area contributed by atoms with Gasteiger partial charge in [-0.3, -0.25) is 4.90 Å². The Morgan fingerprint density at radius 1 is 1.33 bits per heavy atom. The minimum absolute atomic E-state index is 0.384. The molecule has 0 bridgehead atoms. The second-order valence-corrected chi connectivity index (χ2v) is 4.95. The molecule has 15 heavy (non-hydrogen) atoms. The van der Waals surface area contributed by atoms with Crippen LogP contribution in [0.4, 0.5) is 0 Å². The van der Waals surface area contributed by atoms with E-state index in [0.29, 0.717) is 6.10 Å². The van der Waals surface area contributed by atoms with Crippen LogP contribution in [0.2, 0.25) is 0 Å². The van der Waals surface area contributed by atoms with Crippen LogP contribution in [-0.4, -0.2) is 49.3 Å².